The zero-order valence-electron chi connectivity index (χ0n) is 14.7. The minimum absolute atomic E-state index is 0.315. The smallest absolute Gasteiger partial charge is 0.140 e. The Labute approximate surface area is 154 Å². The third-order valence-corrected chi connectivity index (χ3v) is 4.58. The Morgan fingerprint density at radius 3 is 2.52 bits per heavy atom. The average molecular weight is 354 g/mol. The van der Waals surface area contributed by atoms with Crippen LogP contribution in [0.3, 0.4) is 0 Å². The summed E-state index contributed by atoms with van der Waals surface area (Å²) in [5.41, 5.74) is 3.48. The molecule has 0 saturated carbocycles. The van der Waals surface area contributed by atoms with Gasteiger partial charge in [-0.25, -0.2) is 4.98 Å². The lowest BCUT2D eigenvalue weighted by Crippen LogP contribution is -2.21. The Morgan fingerprint density at radius 2 is 1.80 bits per heavy atom. The summed E-state index contributed by atoms with van der Waals surface area (Å²) in [6.07, 6.45) is 3.18. The second-order valence-electron chi connectivity index (χ2n) is 6.35. The molecular weight excluding hydrogens is 330 g/mol. The first kappa shape index (κ1) is 17.7. The fraction of sp³-hybridized carbons (Fsp3) is 0.286. The van der Waals surface area contributed by atoms with Gasteiger partial charge in [-0.15, -0.1) is 0 Å². The number of nitrogens with zero attached hydrogens (tertiary/aromatic N) is 2. The third kappa shape index (κ3) is 4.71. The second-order valence-corrected chi connectivity index (χ2v) is 6.78. The van der Waals surface area contributed by atoms with Crippen LogP contribution in [0, 0.1) is 6.92 Å². The number of imidazole rings is 1. The summed E-state index contributed by atoms with van der Waals surface area (Å²) in [6.45, 7) is 6.13. The summed E-state index contributed by atoms with van der Waals surface area (Å²) in [4.78, 5) is 4.68. The first-order valence-electron chi connectivity index (χ1n) is 8.71. The Kier molecular flexibility index (Phi) is 5.90. The van der Waals surface area contributed by atoms with E-state index >= 15 is 0 Å². The van der Waals surface area contributed by atoms with Crippen LogP contribution in [-0.4, -0.2) is 16.1 Å². The maximum absolute atomic E-state index is 5.95. The molecule has 0 saturated heterocycles. The Hall–Kier alpha value is -2.10. The van der Waals surface area contributed by atoms with Crippen LogP contribution in [0.15, 0.2) is 60.8 Å². The maximum Gasteiger partial charge on any atom is 0.140 e. The molecule has 0 aliphatic rings. The van der Waals surface area contributed by atoms with Crippen LogP contribution in [0.4, 0.5) is 0 Å². The van der Waals surface area contributed by atoms with Crippen LogP contribution in [0.2, 0.25) is 5.02 Å². The van der Waals surface area contributed by atoms with Crippen molar-refractivity contribution in [1.82, 2.24) is 14.9 Å². The van der Waals surface area contributed by atoms with Crippen molar-refractivity contribution in [2.45, 2.75) is 32.9 Å². The van der Waals surface area contributed by atoms with Gasteiger partial charge >= 0.3 is 0 Å². The number of hydrogen-bond acceptors (Lipinski definition) is 2. The van der Waals surface area contributed by atoms with E-state index in [1.807, 2.05) is 25.1 Å². The first-order chi connectivity index (χ1) is 12.1. The van der Waals surface area contributed by atoms with E-state index in [9.17, 15) is 0 Å². The molecule has 3 rings (SSSR count). The van der Waals surface area contributed by atoms with Gasteiger partial charge < -0.3 is 9.88 Å². The van der Waals surface area contributed by atoms with E-state index in [2.05, 4.69) is 64.4 Å². The van der Waals surface area contributed by atoms with E-state index in [0.717, 1.165) is 41.6 Å². The van der Waals surface area contributed by atoms with Crippen molar-refractivity contribution in [2.24, 2.45) is 0 Å². The molecule has 1 N–H and O–H groups in total. The molecule has 0 radical (unpaired) electrons. The predicted molar refractivity (Wildman–Crippen MR) is 105 cm³/mol. The normalized spacial score (nSPS) is 12.3. The lowest BCUT2D eigenvalue weighted by Gasteiger charge is -2.15. The summed E-state index contributed by atoms with van der Waals surface area (Å²) >= 11 is 5.95. The van der Waals surface area contributed by atoms with E-state index in [0.29, 0.717) is 6.04 Å². The van der Waals surface area contributed by atoms with Crippen LogP contribution in [0.1, 0.15) is 30.6 Å². The number of hydrogen-bond donors (Lipinski definition) is 1. The molecule has 1 unspecified atom stereocenters. The van der Waals surface area contributed by atoms with Crippen molar-refractivity contribution in [2.75, 3.05) is 6.54 Å². The molecule has 0 spiro atoms. The fourth-order valence-corrected chi connectivity index (χ4v) is 3.10. The zero-order chi connectivity index (χ0) is 17.6. The molecule has 130 valence electrons. The van der Waals surface area contributed by atoms with Gasteiger partial charge in [-0.1, -0.05) is 54.1 Å². The Balaban J connectivity index is 1.55. The van der Waals surface area contributed by atoms with Crippen molar-refractivity contribution < 1.29 is 0 Å². The average Bonchev–Trinajstić information content (AvgIpc) is 3.00. The van der Waals surface area contributed by atoms with Crippen molar-refractivity contribution >= 4 is 11.6 Å². The molecule has 25 heavy (non-hydrogen) atoms. The van der Waals surface area contributed by atoms with Crippen LogP contribution in [-0.2, 0) is 6.54 Å². The summed E-state index contributed by atoms with van der Waals surface area (Å²) in [7, 11) is 0. The molecular formula is C21H24ClN3. The summed E-state index contributed by atoms with van der Waals surface area (Å²) in [6, 6.07) is 18.7. The highest BCUT2D eigenvalue weighted by Gasteiger charge is 2.08. The largest absolute Gasteiger partial charge is 0.331 e. The number of aryl methyl sites for hydroxylation is 2. The minimum Gasteiger partial charge on any atom is -0.331 e. The molecule has 2 aromatic carbocycles. The Bertz CT molecular complexity index is 794. The SMILES string of the molecule is Cc1cn(CCCNC(C)c2ccc(Cl)cc2)c(-c2ccccc2)n1. The van der Waals surface area contributed by atoms with Crippen molar-refractivity contribution in [1.29, 1.82) is 0 Å². The molecule has 0 amide bonds. The second kappa shape index (κ2) is 8.32. The van der Waals surface area contributed by atoms with Gasteiger partial charge in [0.1, 0.15) is 5.82 Å². The lowest BCUT2D eigenvalue weighted by atomic mass is 10.1. The van der Waals surface area contributed by atoms with Crippen molar-refractivity contribution in [3.05, 3.63) is 77.1 Å². The van der Waals surface area contributed by atoms with Crippen molar-refractivity contribution in [3.8, 4) is 11.4 Å². The van der Waals surface area contributed by atoms with Gasteiger partial charge in [0.15, 0.2) is 0 Å². The molecule has 1 heterocycles. The van der Waals surface area contributed by atoms with Gasteiger partial charge in [-0.2, -0.15) is 0 Å². The van der Waals surface area contributed by atoms with Gasteiger partial charge in [0.05, 0.1) is 5.69 Å². The van der Waals surface area contributed by atoms with E-state index in [1.165, 1.54) is 5.56 Å². The van der Waals surface area contributed by atoms with Crippen LogP contribution < -0.4 is 5.32 Å². The summed E-state index contributed by atoms with van der Waals surface area (Å²) in [5.74, 6) is 1.05. The monoisotopic (exact) mass is 353 g/mol. The van der Waals surface area contributed by atoms with E-state index < -0.39 is 0 Å². The predicted octanol–water partition coefficient (Wildman–Crippen LogP) is 5.25. The molecule has 3 aromatic rings. The fourth-order valence-electron chi connectivity index (χ4n) is 2.97. The lowest BCUT2D eigenvalue weighted by molar-refractivity contribution is 0.528. The van der Waals surface area contributed by atoms with E-state index in [-0.39, 0.29) is 0 Å². The van der Waals surface area contributed by atoms with Crippen LogP contribution >= 0.6 is 11.6 Å². The highest BCUT2D eigenvalue weighted by atomic mass is 35.5. The molecule has 0 bridgehead atoms. The number of rotatable bonds is 7. The number of aromatic nitrogens is 2. The number of halogens is 1. The zero-order valence-corrected chi connectivity index (χ0v) is 15.5. The number of benzene rings is 2. The first-order valence-corrected chi connectivity index (χ1v) is 9.09. The summed E-state index contributed by atoms with van der Waals surface area (Å²) < 4.78 is 2.25. The highest BCUT2D eigenvalue weighted by Crippen LogP contribution is 2.19. The molecule has 0 fully saturated rings. The quantitative estimate of drug-likeness (QED) is 0.588. The molecule has 0 aliphatic carbocycles. The minimum atomic E-state index is 0.315. The van der Waals surface area contributed by atoms with Gasteiger partial charge in [-0.3, -0.25) is 0 Å². The number of nitrogens with one attached hydrogen (secondary N) is 1. The Morgan fingerprint density at radius 1 is 1.08 bits per heavy atom. The molecule has 0 aliphatic heterocycles. The molecule has 3 nitrogen and oxygen atoms in total. The van der Waals surface area contributed by atoms with Gasteiger partial charge in [0.2, 0.25) is 0 Å². The van der Waals surface area contributed by atoms with Crippen LogP contribution in [0.5, 0.6) is 0 Å². The maximum atomic E-state index is 5.95. The topological polar surface area (TPSA) is 29.9 Å². The van der Waals surface area contributed by atoms with Gasteiger partial charge in [0.25, 0.3) is 0 Å². The molecule has 1 atom stereocenters. The highest BCUT2D eigenvalue weighted by molar-refractivity contribution is 6.30. The van der Waals surface area contributed by atoms with Gasteiger partial charge in [-0.05, 0) is 44.5 Å². The van der Waals surface area contributed by atoms with E-state index in [1.54, 1.807) is 0 Å². The van der Waals surface area contributed by atoms with Crippen LogP contribution in [0.25, 0.3) is 11.4 Å². The third-order valence-electron chi connectivity index (χ3n) is 4.33. The van der Waals surface area contributed by atoms with Crippen molar-refractivity contribution in [3.63, 3.8) is 0 Å². The summed E-state index contributed by atoms with van der Waals surface area (Å²) in [5, 5.41) is 4.36. The molecule has 4 heteroatoms. The standard InChI is InChI=1S/C21H24ClN3/c1-16-15-25(21(24-16)19-7-4-3-5-8-19)14-6-13-23-17(2)18-9-11-20(22)12-10-18/h3-5,7-12,15,17,23H,6,13-14H2,1-2H3. The van der Waals surface area contributed by atoms with E-state index in [4.69, 9.17) is 11.6 Å². The molecule has 1 aromatic heterocycles. The van der Waals surface area contributed by atoms with Gasteiger partial charge in [0, 0.05) is 29.4 Å².